The summed E-state index contributed by atoms with van der Waals surface area (Å²) in [6.07, 6.45) is 1.72. The molecule has 0 spiro atoms. The standard InChI is InChI=1S/C22H12ClF2N3/c23-19-3-1-2-17-21(19)26-12-18-20(13-4-6-14(24)7-5-13)27-28(22(17)18)16-10-8-15(25)9-11-16/h1-12H. The predicted molar refractivity (Wildman–Crippen MR) is 107 cm³/mol. The first-order valence-electron chi connectivity index (χ1n) is 8.59. The number of hydrogen-bond donors (Lipinski definition) is 0. The van der Waals surface area contributed by atoms with Gasteiger partial charge in [0.05, 0.1) is 21.7 Å². The first-order valence-corrected chi connectivity index (χ1v) is 8.97. The second-order valence-electron chi connectivity index (χ2n) is 6.40. The summed E-state index contributed by atoms with van der Waals surface area (Å²) in [5, 5.41) is 6.92. The van der Waals surface area contributed by atoms with Gasteiger partial charge in [0.2, 0.25) is 0 Å². The van der Waals surface area contributed by atoms with E-state index in [4.69, 9.17) is 16.7 Å². The van der Waals surface area contributed by atoms with Gasteiger partial charge in [0, 0.05) is 22.5 Å². The summed E-state index contributed by atoms with van der Waals surface area (Å²) in [6, 6.07) is 17.8. The number of para-hydroxylation sites is 1. The Morgan fingerprint density at radius 1 is 0.786 bits per heavy atom. The van der Waals surface area contributed by atoms with Crippen molar-refractivity contribution in [3.05, 3.63) is 89.6 Å². The summed E-state index contributed by atoms with van der Waals surface area (Å²) in [4.78, 5) is 4.51. The molecule has 0 fully saturated rings. The third kappa shape index (κ3) is 2.63. The molecule has 2 aromatic heterocycles. The van der Waals surface area contributed by atoms with Crippen LogP contribution >= 0.6 is 11.6 Å². The fourth-order valence-corrected chi connectivity index (χ4v) is 3.59. The van der Waals surface area contributed by atoms with E-state index in [-0.39, 0.29) is 11.6 Å². The van der Waals surface area contributed by atoms with E-state index in [1.165, 1.54) is 24.3 Å². The minimum Gasteiger partial charge on any atom is -0.254 e. The third-order valence-corrected chi connectivity index (χ3v) is 4.98. The molecule has 0 radical (unpaired) electrons. The monoisotopic (exact) mass is 391 g/mol. The Bertz CT molecular complexity index is 1330. The van der Waals surface area contributed by atoms with Gasteiger partial charge in [-0.2, -0.15) is 5.10 Å². The van der Waals surface area contributed by atoms with Crippen molar-refractivity contribution < 1.29 is 8.78 Å². The molecule has 5 aromatic rings. The molecule has 0 atom stereocenters. The second kappa shape index (κ2) is 6.39. The highest BCUT2D eigenvalue weighted by molar-refractivity contribution is 6.35. The largest absolute Gasteiger partial charge is 0.254 e. The fraction of sp³-hybridized carbons (Fsp3) is 0. The summed E-state index contributed by atoms with van der Waals surface area (Å²) in [7, 11) is 0. The number of pyridine rings is 1. The lowest BCUT2D eigenvalue weighted by Crippen LogP contribution is -1.97. The average molecular weight is 392 g/mol. The van der Waals surface area contributed by atoms with Crippen molar-refractivity contribution >= 4 is 33.4 Å². The normalized spacial score (nSPS) is 11.4. The Hall–Kier alpha value is -3.31. The zero-order chi connectivity index (χ0) is 19.3. The third-order valence-electron chi connectivity index (χ3n) is 4.68. The van der Waals surface area contributed by atoms with E-state index in [1.54, 1.807) is 41.2 Å². The SMILES string of the molecule is Fc1ccc(-c2nn(-c3ccc(F)cc3)c3c2cnc2c(Cl)cccc23)cc1. The Morgan fingerprint density at radius 2 is 1.46 bits per heavy atom. The summed E-state index contributed by atoms with van der Waals surface area (Å²) >= 11 is 6.33. The average Bonchev–Trinajstić information content (AvgIpc) is 3.10. The molecule has 3 aromatic carbocycles. The first-order chi connectivity index (χ1) is 13.6. The number of aromatic nitrogens is 3. The van der Waals surface area contributed by atoms with Gasteiger partial charge in [-0.15, -0.1) is 0 Å². The van der Waals surface area contributed by atoms with Crippen LogP contribution in [-0.4, -0.2) is 14.8 Å². The van der Waals surface area contributed by atoms with Gasteiger partial charge in [0.1, 0.15) is 17.3 Å². The molecule has 6 heteroatoms. The molecule has 0 saturated carbocycles. The first kappa shape index (κ1) is 16.8. The van der Waals surface area contributed by atoms with E-state index in [2.05, 4.69) is 4.98 Å². The Balaban J connectivity index is 1.90. The smallest absolute Gasteiger partial charge is 0.123 e. The van der Waals surface area contributed by atoms with E-state index in [0.717, 1.165) is 21.9 Å². The highest BCUT2D eigenvalue weighted by Crippen LogP contribution is 2.35. The van der Waals surface area contributed by atoms with Gasteiger partial charge in [-0.3, -0.25) is 4.98 Å². The molecule has 0 amide bonds. The highest BCUT2D eigenvalue weighted by Gasteiger charge is 2.18. The van der Waals surface area contributed by atoms with Crippen molar-refractivity contribution in [1.29, 1.82) is 0 Å². The van der Waals surface area contributed by atoms with Crippen LogP contribution in [-0.2, 0) is 0 Å². The molecule has 2 heterocycles. The van der Waals surface area contributed by atoms with Crippen LogP contribution in [0.5, 0.6) is 0 Å². The van der Waals surface area contributed by atoms with Crippen LogP contribution in [0, 0.1) is 11.6 Å². The number of benzene rings is 3. The van der Waals surface area contributed by atoms with Crippen molar-refractivity contribution in [1.82, 2.24) is 14.8 Å². The molecule has 0 aliphatic rings. The maximum Gasteiger partial charge on any atom is 0.123 e. The van der Waals surface area contributed by atoms with Gasteiger partial charge in [-0.05, 0) is 54.6 Å². The maximum absolute atomic E-state index is 13.4. The van der Waals surface area contributed by atoms with Gasteiger partial charge in [-0.1, -0.05) is 23.7 Å². The molecule has 5 rings (SSSR count). The van der Waals surface area contributed by atoms with Crippen LogP contribution in [0.3, 0.4) is 0 Å². The van der Waals surface area contributed by atoms with Gasteiger partial charge in [0.25, 0.3) is 0 Å². The number of nitrogens with zero attached hydrogens (tertiary/aromatic N) is 3. The van der Waals surface area contributed by atoms with Crippen molar-refractivity contribution in [2.45, 2.75) is 0 Å². The molecule has 0 N–H and O–H groups in total. The summed E-state index contributed by atoms with van der Waals surface area (Å²) < 4.78 is 28.6. The van der Waals surface area contributed by atoms with E-state index >= 15 is 0 Å². The Kier molecular flexibility index (Phi) is 3.84. The van der Waals surface area contributed by atoms with Crippen LogP contribution in [0.25, 0.3) is 38.8 Å². The quantitative estimate of drug-likeness (QED) is 0.360. The van der Waals surface area contributed by atoms with Gasteiger partial charge < -0.3 is 0 Å². The van der Waals surface area contributed by atoms with E-state index in [1.807, 2.05) is 12.1 Å². The minimum atomic E-state index is -0.325. The van der Waals surface area contributed by atoms with Crippen LogP contribution in [0.4, 0.5) is 8.78 Å². The molecule has 136 valence electrons. The van der Waals surface area contributed by atoms with E-state index < -0.39 is 0 Å². The summed E-state index contributed by atoms with van der Waals surface area (Å²) in [6.45, 7) is 0. The molecule has 0 unspecified atom stereocenters. The number of halogens is 3. The molecular formula is C22H12ClF2N3. The zero-order valence-electron chi connectivity index (χ0n) is 14.4. The number of hydrogen-bond acceptors (Lipinski definition) is 2. The van der Waals surface area contributed by atoms with Gasteiger partial charge in [-0.25, -0.2) is 13.5 Å². The lowest BCUT2D eigenvalue weighted by molar-refractivity contribution is 0.627. The van der Waals surface area contributed by atoms with Crippen LogP contribution in [0.15, 0.2) is 72.9 Å². The second-order valence-corrected chi connectivity index (χ2v) is 6.81. The van der Waals surface area contributed by atoms with E-state index in [9.17, 15) is 8.78 Å². The number of rotatable bonds is 2. The predicted octanol–water partition coefficient (Wildman–Crippen LogP) is 6.17. The Morgan fingerprint density at radius 3 is 2.18 bits per heavy atom. The number of fused-ring (bicyclic) bond motifs is 3. The van der Waals surface area contributed by atoms with Gasteiger partial charge >= 0.3 is 0 Å². The molecule has 3 nitrogen and oxygen atoms in total. The minimum absolute atomic E-state index is 0.318. The van der Waals surface area contributed by atoms with Crippen LogP contribution in [0.1, 0.15) is 0 Å². The molecule has 0 aliphatic heterocycles. The summed E-state index contributed by atoms with van der Waals surface area (Å²) in [5.74, 6) is -0.644. The van der Waals surface area contributed by atoms with Crippen LogP contribution < -0.4 is 0 Å². The lowest BCUT2D eigenvalue weighted by Gasteiger charge is -2.06. The van der Waals surface area contributed by atoms with E-state index in [0.29, 0.717) is 21.9 Å². The molecule has 0 bridgehead atoms. The zero-order valence-corrected chi connectivity index (χ0v) is 15.2. The van der Waals surface area contributed by atoms with Crippen molar-refractivity contribution in [3.8, 4) is 16.9 Å². The van der Waals surface area contributed by atoms with Crippen LogP contribution in [0.2, 0.25) is 5.02 Å². The Labute approximate surface area is 163 Å². The highest BCUT2D eigenvalue weighted by atomic mass is 35.5. The van der Waals surface area contributed by atoms with Crippen molar-refractivity contribution in [3.63, 3.8) is 0 Å². The summed E-state index contributed by atoms with van der Waals surface area (Å²) in [5.41, 5.74) is 3.58. The van der Waals surface area contributed by atoms with Crippen molar-refractivity contribution in [2.24, 2.45) is 0 Å². The fourth-order valence-electron chi connectivity index (χ4n) is 3.37. The van der Waals surface area contributed by atoms with Crippen molar-refractivity contribution in [2.75, 3.05) is 0 Å². The molecule has 0 aliphatic carbocycles. The van der Waals surface area contributed by atoms with Gasteiger partial charge in [0.15, 0.2) is 0 Å². The molecule has 0 saturated heterocycles. The lowest BCUT2D eigenvalue weighted by atomic mass is 10.1. The molecular weight excluding hydrogens is 380 g/mol. The topological polar surface area (TPSA) is 30.7 Å². The molecule has 28 heavy (non-hydrogen) atoms. The maximum atomic E-state index is 13.4.